The third-order valence-corrected chi connectivity index (χ3v) is 4.88. The minimum absolute atomic E-state index is 0.0749. The summed E-state index contributed by atoms with van der Waals surface area (Å²) >= 11 is 7.67. The van der Waals surface area contributed by atoms with Crippen molar-refractivity contribution in [1.82, 2.24) is 4.90 Å². The van der Waals surface area contributed by atoms with Gasteiger partial charge in [-0.1, -0.05) is 29.8 Å². The summed E-state index contributed by atoms with van der Waals surface area (Å²) in [6.07, 6.45) is 5.60. The molecular weight excluding hydrogens is 302 g/mol. The smallest absolute Gasteiger partial charge is 0.247 e. The lowest BCUT2D eigenvalue weighted by Crippen LogP contribution is -2.28. The number of halogens is 1. The molecule has 1 unspecified atom stereocenters. The number of likely N-dealkylation sites (tertiary alicyclic amines) is 1. The molecule has 2 heterocycles. The number of amides is 1. The van der Waals surface area contributed by atoms with Crippen LogP contribution < -0.4 is 0 Å². The van der Waals surface area contributed by atoms with Crippen LogP contribution in [-0.4, -0.2) is 17.4 Å². The second-order valence-corrected chi connectivity index (χ2v) is 6.51. The maximum absolute atomic E-state index is 12.4. The first kappa shape index (κ1) is 14.4. The summed E-state index contributed by atoms with van der Waals surface area (Å²) in [6.45, 7) is 0.835. The van der Waals surface area contributed by atoms with Crippen LogP contribution in [0.4, 0.5) is 0 Å². The van der Waals surface area contributed by atoms with Crippen LogP contribution in [0.1, 0.15) is 29.3 Å². The maximum atomic E-state index is 12.4. The Morgan fingerprint density at radius 2 is 2.24 bits per heavy atom. The molecule has 2 aromatic rings. The monoisotopic (exact) mass is 317 g/mol. The van der Waals surface area contributed by atoms with Crippen molar-refractivity contribution in [2.75, 3.05) is 6.54 Å². The van der Waals surface area contributed by atoms with Crippen LogP contribution in [0.15, 0.2) is 47.9 Å². The van der Waals surface area contributed by atoms with Gasteiger partial charge in [-0.3, -0.25) is 4.79 Å². The molecule has 4 heteroatoms. The van der Waals surface area contributed by atoms with Crippen molar-refractivity contribution < 1.29 is 4.79 Å². The van der Waals surface area contributed by atoms with Gasteiger partial charge in [0.1, 0.15) is 0 Å². The van der Waals surface area contributed by atoms with Crippen LogP contribution in [0.5, 0.6) is 0 Å². The summed E-state index contributed by atoms with van der Waals surface area (Å²) in [5.41, 5.74) is 0.947. The topological polar surface area (TPSA) is 20.3 Å². The van der Waals surface area contributed by atoms with Gasteiger partial charge in [0, 0.05) is 22.5 Å². The molecule has 1 aliphatic heterocycles. The molecule has 2 nitrogen and oxygen atoms in total. The van der Waals surface area contributed by atoms with Crippen LogP contribution >= 0.6 is 22.9 Å². The van der Waals surface area contributed by atoms with E-state index in [1.165, 1.54) is 4.88 Å². The zero-order valence-electron chi connectivity index (χ0n) is 11.5. The second kappa shape index (κ2) is 6.46. The van der Waals surface area contributed by atoms with E-state index in [4.69, 9.17) is 11.6 Å². The number of hydrogen-bond acceptors (Lipinski definition) is 2. The van der Waals surface area contributed by atoms with Gasteiger partial charge < -0.3 is 4.90 Å². The van der Waals surface area contributed by atoms with Gasteiger partial charge in [-0.2, -0.15) is 0 Å². The SMILES string of the molecule is O=C(/C=C/c1cccc(Cl)c1)N1CCCC1c1cccs1. The van der Waals surface area contributed by atoms with Crippen molar-refractivity contribution in [3.63, 3.8) is 0 Å². The van der Waals surface area contributed by atoms with Crippen molar-refractivity contribution in [2.45, 2.75) is 18.9 Å². The Hall–Kier alpha value is -1.58. The average molecular weight is 318 g/mol. The van der Waals surface area contributed by atoms with Gasteiger partial charge in [-0.25, -0.2) is 0 Å². The van der Waals surface area contributed by atoms with Crippen LogP contribution in [0.2, 0.25) is 5.02 Å². The fraction of sp³-hybridized carbons (Fsp3) is 0.235. The van der Waals surface area contributed by atoms with Gasteiger partial charge in [0.2, 0.25) is 5.91 Å². The fourth-order valence-corrected chi connectivity index (χ4v) is 3.75. The van der Waals surface area contributed by atoms with Crippen molar-refractivity contribution in [2.24, 2.45) is 0 Å². The lowest BCUT2D eigenvalue weighted by molar-refractivity contribution is -0.126. The van der Waals surface area contributed by atoms with Crippen LogP contribution in [0, 0.1) is 0 Å². The van der Waals surface area contributed by atoms with Gasteiger partial charge in [0.15, 0.2) is 0 Å². The highest BCUT2D eigenvalue weighted by Crippen LogP contribution is 2.34. The second-order valence-electron chi connectivity index (χ2n) is 5.09. The Kier molecular flexibility index (Phi) is 4.42. The average Bonchev–Trinajstić information content (AvgIpc) is 3.14. The molecule has 0 bridgehead atoms. The molecule has 1 aromatic heterocycles. The lowest BCUT2D eigenvalue weighted by Gasteiger charge is -2.22. The van der Waals surface area contributed by atoms with Crippen molar-refractivity contribution in [1.29, 1.82) is 0 Å². The van der Waals surface area contributed by atoms with Gasteiger partial charge >= 0.3 is 0 Å². The molecular formula is C17H16ClNOS. The molecule has 0 radical (unpaired) electrons. The predicted molar refractivity (Wildman–Crippen MR) is 88.5 cm³/mol. The summed E-state index contributed by atoms with van der Waals surface area (Å²) in [5.74, 6) is 0.0749. The molecule has 1 fully saturated rings. The first-order chi connectivity index (χ1) is 10.2. The summed E-state index contributed by atoms with van der Waals surface area (Å²) in [7, 11) is 0. The molecule has 0 saturated carbocycles. The lowest BCUT2D eigenvalue weighted by atomic mass is 10.2. The van der Waals surface area contributed by atoms with Crippen molar-refractivity contribution in [3.8, 4) is 0 Å². The number of thiophene rings is 1. The van der Waals surface area contributed by atoms with E-state index in [9.17, 15) is 4.79 Å². The van der Waals surface area contributed by atoms with Crippen LogP contribution in [0.25, 0.3) is 6.08 Å². The quantitative estimate of drug-likeness (QED) is 0.746. The molecule has 1 aliphatic rings. The summed E-state index contributed by atoms with van der Waals surface area (Å²) < 4.78 is 0. The predicted octanol–water partition coefficient (Wildman–Crippen LogP) is 4.78. The highest BCUT2D eigenvalue weighted by atomic mass is 35.5. The minimum Gasteiger partial charge on any atom is -0.331 e. The first-order valence-electron chi connectivity index (χ1n) is 7.02. The van der Waals surface area contributed by atoms with E-state index in [1.54, 1.807) is 17.4 Å². The molecule has 1 saturated heterocycles. The fourth-order valence-electron chi connectivity index (χ4n) is 2.68. The Bertz CT molecular complexity index is 651. The van der Waals surface area contributed by atoms with E-state index in [0.717, 1.165) is 24.9 Å². The van der Waals surface area contributed by atoms with Gasteiger partial charge in [0.25, 0.3) is 0 Å². The molecule has 1 aromatic carbocycles. The van der Waals surface area contributed by atoms with E-state index in [1.807, 2.05) is 41.3 Å². The van der Waals surface area contributed by atoms with E-state index in [2.05, 4.69) is 11.4 Å². The standard InChI is InChI=1S/C17H16ClNOS/c18-14-5-1-4-13(12-14)8-9-17(20)19-10-2-6-15(19)16-7-3-11-21-16/h1,3-5,7-9,11-12,15H,2,6,10H2/b9-8+. The third-order valence-electron chi connectivity index (χ3n) is 3.67. The first-order valence-corrected chi connectivity index (χ1v) is 8.27. The van der Waals surface area contributed by atoms with Gasteiger partial charge in [-0.15, -0.1) is 11.3 Å². The van der Waals surface area contributed by atoms with Gasteiger partial charge in [0.05, 0.1) is 6.04 Å². The van der Waals surface area contributed by atoms with E-state index in [0.29, 0.717) is 5.02 Å². The number of hydrogen-bond donors (Lipinski definition) is 0. The number of carbonyl (C=O) groups excluding carboxylic acids is 1. The molecule has 0 spiro atoms. The maximum Gasteiger partial charge on any atom is 0.247 e. The minimum atomic E-state index is 0.0749. The Morgan fingerprint density at radius 3 is 3.00 bits per heavy atom. The van der Waals surface area contributed by atoms with E-state index in [-0.39, 0.29) is 11.9 Å². The molecule has 108 valence electrons. The van der Waals surface area contributed by atoms with Crippen LogP contribution in [-0.2, 0) is 4.79 Å². The molecule has 1 amide bonds. The third kappa shape index (κ3) is 3.36. The molecule has 3 rings (SSSR count). The number of rotatable bonds is 3. The largest absolute Gasteiger partial charge is 0.331 e. The molecule has 1 atom stereocenters. The Morgan fingerprint density at radius 1 is 1.33 bits per heavy atom. The Balaban J connectivity index is 1.73. The highest BCUT2D eigenvalue weighted by Gasteiger charge is 2.29. The summed E-state index contributed by atoms with van der Waals surface area (Å²) in [4.78, 5) is 15.7. The van der Waals surface area contributed by atoms with E-state index < -0.39 is 0 Å². The summed E-state index contributed by atoms with van der Waals surface area (Å²) in [6, 6.07) is 11.9. The molecule has 0 aliphatic carbocycles. The van der Waals surface area contributed by atoms with E-state index >= 15 is 0 Å². The molecule has 21 heavy (non-hydrogen) atoms. The van der Waals surface area contributed by atoms with Gasteiger partial charge in [-0.05, 0) is 48.1 Å². The summed E-state index contributed by atoms with van der Waals surface area (Å²) in [5, 5.41) is 2.75. The Labute approximate surface area is 133 Å². The number of benzene rings is 1. The molecule has 0 N–H and O–H groups in total. The number of nitrogens with zero attached hydrogens (tertiary/aromatic N) is 1. The zero-order valence-corrected chi connectivity index (χ0v) is 13.1. The van der Waals surface area contributed by atoms with Crippen molar-refractivity contribution in [3.05, 3.63) is 63.3 Å². The zero-order chi connectivity index (χ0) is 14.7. The normalized spacial score (nSPS) is 18.5. The van der Waals surface area contributed by atoms with Crippen molar-refractivity contribution >= 4 is 34.9 Å². The highest BCUT2D eigenvalue weighted by molar-refractivity contribution is 7.10. The number of carbonyl (C=O) groups is 1. The van der Waals surface area contributed by atoms with Crippen LogP contribution in [0.3, 0.4) is 0 Å².